The second kappa shape index (κ2) is 39.9. The van der Waals surface area contributed by atoms with E-state index < -0.39 is 12.0 Å². The maximum atomic E-state index is 13.5. The van der Waals surface area contributed by atoms with Crippen LogP contribution in [0.2, 0.25) is 0 Å². The Morgan fingerprint density at radius 2 is 1.12 bits per heavy atom. The molecule has 2 atom stereocenters. The molecule has 2 amide bonds. The van der Waals surface area contributed by atoms with Crippen molar-refractivity contribution in [1.82, 2.24) is 5.32 Å². The number of benzene rings is 1. The highest BCUT2D eigenvalue weighted by Gasteiger charge is 2.29. The van der Waals surface area contributed by atoms with Gasteiger partial charge in [-0.3, -0.25) is 14.4 Å². The fourth-order valence-corrected chi connectivity index (χ4v) is 5.49. The minimum atomic E-state index is -0.711. The first kappa shape index (κ1) is 54.8. The molecule has 18 heteroatoms. The average molecular weight is 856 g/mol. The molecule has 1 rings (SSSR count). The third kappa shape index (κ3) is 31.6. The Kier molecular flexibility index (Phi) is 36.4. The first-order chi connectivity index (χ1) is 29.3. The number of carbonyl (C=O) groups is 3. The third-order valence-corrected chi connectivity index (χ3v) is 8.81. The summed E-state index contributed by atoms with van der Waals surface area (Å²) in [4.78, 5) is 42.1. The molecule has 0 unspecified atom stereocenters. The lowest BCUT2D eigenvalue weighted by Gasteiger charge is -2.24. The van der Waals surface area contributed by atoms with Crippen LogP contribution in [0.15, 0.2) is 29.4 Å². The fourth-order valence-electron chi connectivity index (χ4n) is 5.49. The van der Waals surface area contributed by atoms with E-state index in [1.165, 1.54) is 0 Å². The molecule has 0 aliphatic heterocycles. The predicted molar refractivity (Wildman–Crippen MR) is 226 cm³/mol. The van der Waals surface area contributed by atoms with Gasteiger partial charge >= 0.3 is 0 Å². The molecule has 1 aromatic carbocycles. The highest BCUT2D eigenvalue weighted by molar-refractivity contribution is 5.97. The van der Waals surface area contributed by atoms with Crippen molar-refractivity contribution >= 4 is 23.3 Å². The number of carbonyl (C=O) groups excluding carboxylic acids is 3. The number of ketones is 1. The van der Waals surface area contributed by atoms with Crippen LogP contribution >= 0.6 is 0 Å². The summed E-state index contributed by atoms with van der Waals surface area (Å²) in [5.74, 6) is -1.35. The van der Waals surface area contributed by atoms with Crippen LogP contribution in [0.5, 0.6) is 0 Å². The lowest BCUT2D eigenvalue weighted by molar-refractivity contribution is -0.131. The van der Waals surface area contributed by atoms with E-state index in [1.807, 2.05) is 13.8 Å². The number of unbranched alkanes of at least 4 members (excludes halogenated alkanes) is 3. The first-order valence-corrected chi connectivity index (χ1v) is 21.4. The van der Waals surface area contributed by atoms with Gasteiger partial charge in [0.05, 0.1) is 132 Å². The van der Waals surface area contributed by atoms with Gasteiger partial charge in [-0.2, -0.15) is 0 Å². The SMILES string of the molecule is CCCCCC[C@H](CC(=O)[C@@H](NC(=O)CCOCCOCCOCCOCCOCCOCCOCCOCCOCCN=[N+]=[N-])C(C)C)C(=O)Nc1ccc(CO)cc1. The summed E-state index contributed by atoms with van der Waals surface area (Å²) in [6.07, 6.45) is 4.65. The average Bonchev–Trinajstić information content (AvgIpc) is 3.24. The van der Waals surface area contributed by atoms with E-state index in [0.717, 1.165) is 31.2 Å². The zero-order valence-electron chi connectivity index (χ0n) is 36.3. The lowest BCUT2D eigenvalue weighted by Crippen LogP contribution is -2.45. The summed E-state index contributed by atoms with van der Waals surface area (Å²) in [7, 11) is 0. The number of aliphatic hydroxyl groups is 1. The predicted octanol–water partition coefficient (Wildman–Crippen LogP) is 4.65. The Morgan fingerprint density at radius 1 is 0.667 bits per heavy atom. The quantitative estimate of drug-likeness (QED) is 0.0352. The maximum absolute atomic E-state index is 13.5. The number of hydrogen-bond donors (Lipinski definition) is 3. The van der Waals surface area contributed by atoms with Crippen LogP contribution in [0.4, 0.5) is 5.69 Å². The largest absolute Gasteiger partial charge is 0.392 e. The third-order valence-electron chi connectivity index (χ3n) is 8.81. The standard InChI is InChI=1S/C42H73N5O13/c1-4-5-6-7-8-37(42(51)45-38-11-9-36(34-48)10-12-38)33-39(49)41(35(2)3)46-40(50)13-15-52-17-19-54-21-23-56-25-27-58-29-31-60-32-30-59-28-26-57-24-22-55-20-18-53-16-14-44-47-43/h9-12,35,37,41,48H,4-8,13-34H2,1-3H3,(H,45,51)(H,46,50)/t37-,41+/m1/s1. The van der Waals surface area contributed by atoms with Gasteiger partial charge in [0.25, 0.3) is 0 Å². The number of nitrogens with zero attached hydrogens (tertiary/aromatic N) is 3. The number of nitrogens with one attached hydrogen (secondary N) is 2. The van der Waals surface area contributed by atoms with Crippen molar-refractivity contribution in [2.24, 2.45) is 17.0 Å². The summed E-state index contributed by atoms with van der Waals surface area (Å²) < 4.78 is 49.0. The van der Waals surface area contributed by atoms with Gasteiger partial charge in [0.15, 0.2) is 5.78 Å². The minimum Gasteiger partial charge on any atom is -0.392 e. The molecule has 0 bridgehead atoms. The molecule has 60 heavy (non-hydrogen) atoms. The van der Waals surface area contributed by atoms with Crippen LogP contribution < -0.4 is 10.6 Å². The molecule has 0 saturated heterocycles. The van der Waals surface area contributed by atoms with E-state index in [2.05, 4.69) is 27.6 Å². The summed E-state index contributed by atoms with van der Waals surface area (Å²) >= 11 is 0. The van der Waals surface area contributed by atoms with Gasteiger partial charge < -0.3 is 58.4 Å². The van der Waals surface area contributed by atoms with E-state index in [9.17, 15) is 19.5 Å². The van der Waals surface area contributed by atoms with Gasteiger partial charge in [0, 0.05) is 35.9 Å². The minimum absolute atomic E-state index is 0.0342. The molecule has 0 spiro atoms. The first-order valence-electron chi connectivity index (χ1n) is 21.4. The second-order valence-electron chi connectivity index (χ2n) is 14.1. The molecule has 0 radical (unpaired) electrons. The van der Waals surface area contributed by atoms with Crippen LogP contribution in [-0.2, 0) is 63.6 Å². The summed E-state index contributed by atoms with van der Waals surface area (Å²) in [6.45, 7) is 13.6. The molecular formula is C42H73N5O13. The van der Waals surface area contributed by atoms with E-state index in [1.54, 1.807) is 24.3 Å². The van der Waals surface area contributed by atoms with Crippen molar-refractivity contribution in [3.05, 3.63) is 40.3 Å². The molecule has 344 valence electrons. The van der Waals surface area contributed by atoms with Gasteiger partial charge in [-0.05, 0) is 35.6 Å². The number of aliphatic hydroxyl groups excluding tert-OH is 1. The van der Waals surface area contributed by atoms with Crippen LogP contribution in [-0.4, -0.2) is 154 Å². The number of azide groups is 1. The van der Waals surface area contributed by atoms with Crippen molar-refractivity contribution in [3.63, 3.8) is 0 Å². The van der Waals surface area contributed by atoms with Crippen molar-refractivity contribution in [3.8, 4) is 0 Å². The zero-order valence-corrected chi connectivity index (χ0v) is 36.3. The normalized spacial score (nSPS) is 12.3. The number of Topliss-reactive ketones (excluding diaryl/α,β-unsaturated/α-hetero) is 1. The summed E-state index contributed by atoms with van der Waals surface area (Å²) in [6, 6.07) is 6.25. The Labute approximate surface area is 356 Å². The smallest absolute Gasteiger partial charge is 0.227 e. The Morgan fingerprint density at radius 3 is 1.53 bits per heavy atom. The molecule has 0 aromatic heterocycles. The van der Waals surface area contributed by atoms with Gasteiger partial charge in [-0.15, -0.1) is 0 Å². The van der Waals surface area contributed by atoms with Crippen molar-refractivity contribution < 1.29 is 62.1 Å². The number of amides is 2. The molecular weight excluding hydrogens is 782 g/mol. The van der Waals surface area contributed by atoms with E-state index in [-0.39, 0.29) is 49.6 Å². The molecule has 0 aliphatic rings. The Hall–Kier alpha value is -3.26. The van der Waals surface area contributed by atoms with Crippen LogP contribution in [0.1, 0.15) is 71.3 Å². The molecule has 0 heterocycles. The summed E-state index contributed by atoms with van der Waals surface area (Å²) in [5.41, 5.74) is 9.51. The molecule has 18 nitrogen and oxygen atoms in total. The Bertz CT molecular complexity index is 1260. The van der Waals surface area contributed by atoms with E-state index in [4.69, 9.17) is 48.2 Å². The van der Waals surface area contributed by atoms with Gasteiger partial charge in [-0.1, -0.05) is 63.7 Å². The summed E-state index contributed by atoms with van der Waals surface area (Å²) in [5, 5.41) is 18.5. The van der Waals surface area contributed by atoms with Crippen LogP contribution in [0.3, 0.4) is 0 Å². The van der Waals surface area contributed by atoms with Crippen LogP contribution in [0.25, 0.3) is 10.4 Å². The number of rotatable bonds is 43. The van der Waals surface area contributed by atoms with E-state index in [0.29, 0.717) is 131 Å². The van der Waals surface area contributed by atoms with Crippen molar-refractivity contribution in [1.29, 1.82) is 0 Å². The molecule has 0 saturated carbocycles. The van der Waals surface area contributed by atoms with Crippen molar-refractivity contribution in [2.75, 3.05) is 131 Å². The molecule has 1 aromatic rings. The topological polar surface area (TPSA) is 227 Å². The lowest BCUT2D eigenvalue weighted by atomic mass is 9.88. The monoisotopic (exact) mass is 856 g/mol. The van der Waals surface area contributed by atoms with E-state index >= 15 is 0 Å². The molecule has 0 fully saturated rings. The molecule has 3 N–H and O–H groups in total. The fraction of sp³-hybridized carbons (Fsp3) is 0.786. The van der Waals surface area contributed by atoms with Crippen molar-refractivity contribution in [2.45, 2.75) is 78.4 Å². The molecule has 0 aliphatic carbocycles. The highest BCUT2D eigenvalue weighted by Crippen LogP contribution is 2.21. The number of hydrogen-bond acceptors (Lipinski definition) is 14. The number of anilines is 1. The van der Waals surface area contributed by atoms with Gasteiger partial charge in [0.1, 0.15) is 0 Å². The second-order valence-corrected chi connectivity index (χ2v) is 14.1. The van der Waals surface area contributed by atoms with Gasteiger partial charge in [0.2, 0.25) is 11.8 Å². The highest BCUT2D eigenvalue weighted by atomic mass is 16.6. The maximum Gasteiger partial charge on any atom is 0.227 e. The van der Waals surface area contributed by atoms with Crippen LogP contribution in [0, 0.1) is 11.8 Å². The number of ether oxygens (including phenoxy) is 9. The zero-order chi connectivity index (χ0) is 43.7. The Balaban J connectivity index is 2.04. The van der Waals surface area contributed by atoms with Gasteiger partial charge in [-0.25, -0.2) is 0 Å².